The van der Waals surface area contributed by atoms with E-state index in [1.54, 1.807) is 36.4 Å². The molecule has 0 spiro atoms. The highest BCUT2D eigenvalue weighted by molar-refractivity contribution is 9.10. The average molecular weight is 529 g/mol. The Morgan fingerprint density at radius 1 is 1.13 bits per heavy atom. The Labute approximate surface area is 199 Å². The minimum absolute atomic E-state index is 0.0584. The van der Waals surface area contributed by atoms with Crippen LogP contribution in [0.2, 0.25) is 5.02 Å². The summed E-state index contributed by atoms with van der Waals surface area (Å²) in [6.45, 7) is 6.26. The summed E-state index contributed by atoms with van der Waals surface area (Å²) in [7, 11) is 0. The quantitative estimate of drug-likeness (QED) is 0.369. The SMILES string of the molecule is Cc1cc(OCC(=O)NNC(=S)NC(=O)c2ccc(OCC(C)C)c(Br)c2)ccc1Cl. The minimum atomic E-state index is -0.474. The predicted octanol–water partition coefficient (Wildman–Crippen LogP) is 4.16. The van der Waals surface area contributed by atoms with Crippen LogP contribution in [0.25, 0.3) is 0 Å². The molecule has 0 radical (unpaired) electrons. The maximum Gasteiger partial charge on any atom is 0.276 e. The molecule has 0 heterocycles. The van der Waals surface area contributed by atoms with Crippen molar-refractivity contribution < 1.29 is 19.1 Å². The number of carbonyl (C=O) groups is 2. The van der Waals surface area contributed by atoms with Gasteiger partial charge in [-0.15, -0.1) is 0 Å². The topological polar surface area (TPSA) is 88.7 Å². The Balaban J connectivity index is 1.78. The molecule has 0 aromatic heterocycles. The zero-order chi connectivity index (χ0) is 23.0. The van der Waals surface area contributed by atoms with Crippen LogP contribution in [0.4, 0.5) is 0 Å². The van der Waals surface area contributed by atoms with Gasteiger partial charge in [-0.1, -0.05) is 25.4 Å². The summed E-state index contributed by atoms with van der Waals surface area (Å²) in [5.41, 5.74) is 6.04. The van der Waals surface area contributed by atoms with Gasteiger partial charge in [-0.2, -0.15) is 0 Å². The maximum atomic E-state index is 12.4. The van der Waals surface area contributed by atoms with Crippen molar-refractivity contribution in [2.75, 3.05) is 13.2 Å². The first-order valence-corrected chi connectivity index (χ1v) is 10.9. The molecule has 0 bridgehead atoms. The number of ether oxygens (including phenoxy) is 2. The lowest BCUT2D eigenvalue weighted by atomic mass is 10.2. The first-order valence-electron chi connectivity index (χ1n) is 9.37. The van der Waals surface area contributed by atoms with Crippen LogP contribution >= 0.6 is 39.7 Å². The molecule has 0 saturated heterocycles. The number of hydrogen-bond acceptors (Lipinski definition) is 5. The van der Waals surface area contributed by atoms with Gasteiger partial charge >= 0.3 is 0 Å². The smallest absolute Gasteiger partial charge is 0.276 e. The van der Waals surface area contributed by atoms with E-state index in [9.17, 15) is 9.59 Å². The van der Waals surface area contributed by atoms with E-state index in [2.05, 4.69) is 32.1 Å². The van der Waals surface area contributed by atoms with Gasteiger partial charge in [-0.25, -0.2) is 0 Å². The molecule has 0 unspecified atom stereocenters. The molecule has 3 N–H and O–H groups in total. The molecule has 2 amide bonds. The number of carbonyl (C=O) groups excluding carboxylic acids is 2. The third kappa shape index (κ3) is 8.35. The molecule has 7 nitrogen and oxygen atoms in total. The summed E-state index contributed by atoms with van der Waals surface area (Å²) >= 11 is 14.4. The molecular formula is C21H23BrClN3O4S. The first kappa shape index (κ1) is 24.9. The Morgan fingerprint density at radius 2 is 1.87 bits per heavy atom. The maximum absolute atomic E-state index is 12.4. The van der Waals surface area contributed by atoms with Crippen molar-refractivity contribution in [3.63, 3.8) is 0 Å². The standard InChI is InChI=1S/C21H23BrClN3O4S/c1-12(2)10-30-18-7-4-14(9-16(18)22)20(28)24-21(31)26-25-19(27)11-29-15-5-6-17(23)13(3)8-15/h4-9,12H,10-11H2,1-3H3,(H,25,27)(H2,24,26,28,31). The van der Waals surface area contributed by atoms with E-state index in [-0.39, 0.29) is 11.7 Å². The van der Waals surface area contributed by atoms with Crippen LogP contribution in [0.1, 0.15) is 29.8 Å². The Bertz CT molecular complexity index is 972. The lowest BCUT2D eigenvalue weighted by Gasteiger charge is -2.13. The van der Waals surface area contributed by atoms with Gasteiger partial charge in [0.1, 0.15) is 11.5 Å². The van der Waals surface area contributed by atoms with Crippen molar-refractivity contribution in [3.8, 4) is 11.5 Å². The molecule has 2 aromatic rings. The fourth-order valence-corrected chi connectivity index (χ4v) is 3.00. The molecule has 31 heavy (non-hydrogen) atoms. The van der Waals surface area contributed by atoms with E-state index >= 15 is 0 Å². The molecule has 0 aliphatic rings. The second kappa shape index (κ2) is 11.9. The van der Waals surface area contributed by atoms with E-state index in [0.29, 0.717) is 39.1 Å². The van der Waals surface area contributed by atoms with Crippen molar-refractivity contribution in [1.82, 2.24) is 16.2 Å². The number of rotatable bonds is 7. The zero-order valence-corrected chi connectivity index (χ0v) is 20.4. The van der Waals surface area contributed by atoms with Gasteiger partial charge in [0.25, 0.3) is 11.8 Å². The number of hydrazine groups is 1. The highest BCUT2D eigenvalue weighted by atomic mass is 79.9. The summed E-state index contributed by atoms with van der Waals surface area (Å²) in [5, 5.41) is 3.04. The third-order valence-electron chi connectivity index (χ3n) is 3.81. The number of halogens is 2. The number of hydrogen-bond donors (Lipinski definition) is 3. The van der Waals surface area contributed by atoms with Crippen molar-refractivity contribution in [1.29, 1.82) is 0 Å². The van der Waals surface area contributed by atoms with E-state index in [0.717, 1.165) is 5.56 Å². The number of thiocarbonyl (C=S) groups is 1. The highest BCUT2D eigenvalue weighted by Crippen LogP contribution is 2.26. The zero-order valence-electron chi connectivity index (χ0n) is 17.3. The normalized spacial score (nSPS) is 10.4. The van der Waals surface area contributed by atoms with Crippen LogP contribution in [0.3, 0.4) is 0 Å². The largest absolute Gasteiger partial charge is 0.492 e. The van der Waals surface area contributed by atoms with E-state index in [1.165, 1.54) is 0 Å². The van der Waals surface area contributed by atoms with Crippen LogP contribution in [0.15, 0.2) is 40.9 Å². The fourth-order valence-electron chi connectivity index (χ4n) is 2.24. The van der Waals surface area contributed by atoms with Crippen LogP contribution < -0.4 is 25.6 Å². The van der Waals surface area contributed by atoms with Crippen LogP contribution in [-0.4, -0.2) is 30.1 Å². The predicted molar refractivity (Wildman–Crippen MR) is 128 cm³/mol. The second-order valence-electron chi connectivity index (χ2n) is 7.01. The van der Waals surface area contributed by atoms with E-state index in [1.807, 2.05) is 20.8 Å². The highest BCUT2D eigenvalue weighted by Gasteiger charge is 2.12. The van der Waals surface area contributed by atoms with Gasteiger partial charge in [0.15, 0.2) is 11.7 Å². The molecular weight excluding hydrogens is 506 g/mol. The van der Waals surface area contributed by atoms with Crippen LogP contribution in [0.5, 0.6) is 11.5 Å². The molecule has 166 valence electrons. The van der Waals surface area contributed by atoms with E-state index < -0.39 is 11.8 Å². The number of benzene rings is 2. The van der Waals surface area contributed by atoms with Gasteiger partial charge < -0.3 is 9.47 Å². The summed E-state index contributed by atoms with van der Waals surface area (Å²) in [5.74, 6) is 0.636. The molecule has 0 fully saturated rings. The second-order valence-corrected chi connectivity index (χ2v) is 8.68. The lowest BCUT2D eigenvalue weighted by molar-refractivity contribution is -0.123. The summed E-state index contributed by atoms with van der Waals surface area (Å²) in [4.78, 5) is 24.3. The lowest BCUT2D eigenvalue weighted by Crippen LogP contribution is -2.49. The third-order valence-corrected chi connectivity index (χ3v) is 5.06. The van der Waals surface area contributed by atoms with Crippen molar-refractivity contribution in [2.24, 2.45) is 5.92 Å². The average Bonchev–Trinajstić information content (AvgIpc) is 2.72. The Kier molecular flexibility index (Phi) is 9.54. The van der Waals surface area contributed by atoms with Gasteiger partial charge in [0.2, 0.25) is 0 Å². The summed E-state index contributed by atoms with van der Waals surface area (Å²) in [6, 6.07) is 10.0. The summed E-state index contributed by atoms with van der Waals surface area (Å²) in [6.07, 6.45) is 0. The monoisotopic (exact) mass is 527 g/mol. The summed E-state index contributed by atoms with van der Waals surface area (Å²) < 4.78 is 11.7. The minimum Gasteiger partial charge on any atom is -0.492 e. The molecule has 10 heteroatoms. The fraction of sp³-hybridized carbons (Fsp3) is 0.286. The van der Waals surface area contributed by atoms with Gasteiger partial charge in [0.05, 0.1) is 11.1 Å². The van der Waals surface area contributed by atoms with Gasteiger partial charge in [-0.3, -0.25) is 25.8 Å². The Morgan fingerprint density at radius 3 is 2.52 bits per heavy atom. The number of nitrogens with one attached hydrogen (secondary N) is 3. The van der Waals surface area contributed by atoms with Crippen molar-refractivity contribution in [2.45, 2.75) is 20.8 Å². The van der Waals surface area contributed by atoms with Crippen molar-refractivity contribution in [3.05, 3.63) is 57.0 Å². The molecule has 2 aromatic carbocycles. The van der Waals surface area contributed by atoms with Crippen LogP contribution in [-0.2, 0) is 4.79 Å². The first-order chi connectivity index (χ1) is 14.7. The Hall–Kier alpha value is -2.36. The van der Waals surface area contributed by atoms with Crippen LogP contribution in [0, 0.1) is 12.8 Å². The molecule has 0 aliphatic heterocycles. The number of amides is 2. The van der Waals surface area contributed by atoms with Gasteiger partial charge in [0, 0.05) is 10.6 Å². The molecule has 0 aliphatic carbocycles. The van der Waals surface area contributed by atoms with Gasteiger partial charge in [-0.05, 0) is 83.0 Å². The molecule has 0 atom stereocenters. The number of aryl methyl sites for hydroxylation is 1. The molecule has 0 saturated carbocycles. The molecule has 2 rings (SSSR count). The van der Waals surface area contributed by atoms with Crippen molar-refractivity contribution >= 4 is 56.7 Å². The van der Waals surface area contributed by atoms with E-state index in [4.69, 9.17) is 33.3 Å².